The minimum absolute atomic E-state index is 0.575. The minimum atomic E-state index is 0.575. The zero-order chi connectivity index (χ0) is 13.2. The van der Waals surface area contributed by atoms with E-state index in [0.717, 1.165) is 23.1 Å². The molecule has 0 saturated carbocycles. The van der Waals surface area contributed by atoms with Gasteiger partial charge in [-0.05, 0) is 35.9 Å². The molecule has 0 spiro atoms. The predicted molar refractivity (Wildman–Crippen MR) is 84.0 cm³/mol. The highest BCUT2D eigenvalue weighted by Gasteiger charge is 2.18. The van der Waals surface area contributed by atoms with Crippen molar-refractivity contribution in [3.05, 3.63) is 52.5 Å². The fourth-order valence-corrected chi connectivity index (χ4v) is 2.77. The second kappa shape index (κ2) is 5.23. The van der Waals surface area contributed by atoms with Crippen LogP contribution in [0.4, 0.5) is 17.1 Å². The van der Waals surface area contributed by atoms with Crippen molar-refractivity contribution < 1.29 is 0 Å². The van der Waals surface area contributed by atoms with E-state index in [-0.39, 0.29) is 0 Å². The Kier molecular flexibility index (Phi) is 3.44. The third kappa shape index (κ3) is 2.46. The zero-order valence-electron chi connectivity index (χ0n) is 10.6. The highest BCUT2D eigenvalue weighted by atomic mass is 79.9. The molecule has 0 unspecified atom stereocenters. The van der Waals surface area contributed by atoms with Gasteiger partial charge >= 0.3 is 0 Å². The van der Waals surface area contributed by atoms with E-state index < -0.39 is 0 Å². The van der Waals surface area contributed by atoms with Crippen LogP contribution in [0.3, 0.4) is 0 Å². The molecule has 1 aliphatic rings. The average molecular weight is 318 g/mol. The topological polar surface area (TPSA) is 41.3 Å². The van der Waals surface area contributed by atoms with Crippen LogP contribution in [0.2, 0.25) is 0 Å². The fraction of sp³-hybridized carbons (Fsp3) is 0.200. The van der Waals surface area contributed by atoms with E-state index in [0.29, 0.717) is 6.54 Å². The van der Waals surface area contributed by atoms with Crippen LogP contribution >= 0.6 is 15.9 Å². The number of hydrogen-bond donors (Lipinski definition) is 2. The summed E-state index contributed by atoms with van der Waals surface area (Å²) in [4.78, 5) is 2.33. The van der Waals surface area contributed by atoms with Crippen molar-refractivity contribution in [1.29, 1.82) is 0 Å². The van der Waals surface area contributed by atoms with Crippen molar-refractivity contribution >= 4 is 33.0 Å². The Balaban J connectivity index is 2.05. The minimum Gasteiger partial charge on any atom is -0.382 e. The van der Waals surface area contributed by atoms with Crippen LogP contribution in [-0.2, 0) is 6.54 Å². The van der Waals surface area contributed by atoms with E-state index in [1.807, 2.05) is 0 Å². The van der Waals surface area contributed by atoms with Crippen molar-refractivity contribution in [3.63, 3.8) is 0 Å². The van der Waals surface area contributed by atoms with Gasteiger partial charge in [0.15, 0.2) is 0 Å². The summed E-state index contributed by atoms with van der Waals surface area (Å²) < 4.78 is 1.09. The van der Waals surface area contributed by atoms with Gasteiger partial charge in [0, 0.05) is 29.8 Å². The molecule has 98 valence electrons. The highest BCUT2D eigenvalue weighted by molar-refractivity contribution is 9.10. The van der Waals surface area contributed by atoms with Gasteiger partial charge in [0.25, 0.3) is 0 Å². The van der Waals surface area contributed by atoms with E-state index >= 15 is 0 Å². The maximum absolute atomic E-state index is 5.73. The SMILES string of the molecule is NCc1cccc(N2CCNc3ccc(Br)cc32)c1. The molecule has 3 N–H and O–H groups in total. The van der Waals surface area contributed by atoms with Gasteiger partial charge in [-0.1, -0.05) is 28.1 Å². The van der Waals surface area contributed by atoms with Gasteiger partial charge in [0.1, 0.15) is 0 Å². The van der Waals surface area contributed by atoms with E-state index in [1.54, 1.807) is 0 Å². The van der Waals surface area contributed by atoms with Gasteiger partial charge in [0.05, 0.1) is 11.4 Å². The summed E-state index contributed by atoms with van der Waals surface area (Å²) in [6.45, 7) is 2.48. The Bertz CT molecular complexity index is 598. The fourth-order valence-electron chi connectivity index (χ4n) is 2.42. The summed E-state index contributed by atoms with van der Waals surface area (Å²) in [6, 6.07) is 14.7. The Hall–Kier alpha value is -1.52. The lowest BCUT2D eigenvalue weighted by molar-refractivity contribution is 0.923. The van der Waals surface area contributed by atoms with Crippen molar-refractivity contribution in [2.45, 2.75) is 6.54 Å². The highest BCUT2D eigenvalue weighted by Crippen LogP contribution is 2.36. The molecule has 0 saturated heterocycles. The van der Waals surface area contributed by atoms with Crippen molar-refractivity contribution in [1.82, 2.24) is 0 Å². The van der Waals surface area contributed by atoms with Gasteiger partial charge in [-0.2, -0.15) is 0 Å². The van der Waals surface area contributed by atoms with Crippen molar-refractivity contribution in [2.75, 3.05) is 23.3 Å². The lowest BCUT2D eigenvalue weighted by Gasteiger charge is -2.32. The number of halogens is 1. The van der Waals surface area contributed by atoms with E-state index in [1.165, 1.54) is 17.1 Å². The molecule has 0 atom stereocenters. The first kappa shape index (κ1) is 12.5. The standard InChI is InChI=1S/C15H16BrN3/c16-12-4-5-14-15(9-12)19(7-6-18-14)13-3-1-2-11(8-13)10-17/h1-5,8-9,18H,6-7,10,17H2. The van der Waals surface area contributed by atoms with Crippen LogP contribution in [0.15, 0.2) is 46.9 Å². The maximum Gasteiger partial charge on any atom is 0.0658 e. The number of rotatable bonds is 2. The zero-order valence-corrected chi connectivity index (χ0v) is 12.2. The monoisotopic (exact) mass is 317 g/mol. The predicted octanol–water partition coefficient (Wildman–Crippen LogP) is 3.47. The molecule has 1 aliphatic heterocycles. The summed E-state index contributed by atoms with van der Waals surface area (Å²) >= 11 is 3.54. The molecular weight excluding hydrogens is 302 g/mol. The number of benzene rings is 2. The third-order valence-electron chi connectivity index (χ3n) is 3.36. The summed E-state index contributed by atoms with van der Waals surface area (Å²) in [6.07, 6.45) is 0. The smallest absolute Gasteiger partial charge is 0.0658 e. The van der Waals surface area contributed by atoms with Crippen molar-refractivity contribution in [2.24, 2.45) is 5.73 Å². The molecular formula is C15H16BrN3. The van der Waals surface area contributed by atoms with Crippen LogP contribution in [0.1, 0.15) is 5.56 Å². The average Bonchev–Trinajstić information content (AvgIpc) is 2.46. The molecule has 4 heteroatoms. The lowest BCUT2D eigenvalue weighted by Crippen LogP contribution is -2.30. The molecule has 0 bridgehead atoms. The Morgan fingerprint density at radius 2 is 2.11 bits per heavy atom. The first-order valence-electron chi connectivity index (χ1n) is 6.38. The first-order chi connectivity index (χ1) is 9.28. The van der Waals surface area contributed by atoms with Gasteiger partial charge in [0.2, 0.25) is 0 Å². The van der Waals surface area contributed by atoms with Gasteiger partial charge < -0.3 is 16.0 Å². The molecule has 1 heterocycles. The molecule has 3 nitrogen and oxygen atoms in total. The van der Waals surface area contributed by atoms with Crippen LogP contribution in [-0.4, -0.2) is 13.1 Å². The number of nitrogens with zero attached hydrogens (tertiary/aromatic N) is 1. The summed E-state index contributed by atoms with van der Waals surface area (Å²) in [5.74, 6) is 0. The maximum atomic E-state index is 5.73. The number of nitrogens with one attached hydrogen (secondary N) is 1. The Labute approximate surface area is 121 Å². The normalized spacial score (nSPS) is 13.9. The molecule has 3 rings (SSSR count). The molecule has 0 amide bonds. The van der Waals surface area contributed by atoms with E-state index in [9.17, 15) is 0 Å². The first-order valence-corrected chi connectivity index (χ1v) is 7.17. The molecule has 2 aromatic carbocycles. The molecule has 0 aliphatic carbocycles. The largest absolute Gasteiger partial charge is 0.382 e. The molecule has 0 radical (unpaired) electrons. The van der Waals surface area contributed by atoms with Crippen LogP contribution in [0.25, 0.3) is 0 Å². The van der Waals surface area contributed by atoms with E-state index in [2.05, 4.69) is 68.6 Å². The van der Waals surface area contributed by atoms with Crippen molar-refractivity contribution in [3.8, 4) is 0 Å². The number of hydrogen-bond acceptors (Lipinski definition) is 3. The second-order valence-electron chi connectivity index (χ2n) is 4.61. The number of anilines is 3. The lowest BCUT2D eigenvalue weighted by atomic mass is 10.1. The number of fused-ring (bicyclic) bond motifs is 1. The van der Waals surface area contributed by atoms with E-state index in [4.69, 9.17) is 5.73 Å². The third-order valence-corrected chi connectivity index (χ3v) is 3.85. The number of nitrogens with two attached hydrogens (primary N) is 1. The molecule has 2 aromatic rings. The van der Waals surface area contributed by atoms with Crippen LogP contribution in [0, 0.1) is 0 Å². The molecule has 0 aromatic heterocycles. The molecule has 0 fully saturated rings. The van der Waals surface area contributed by atoms with Crippen LogP contribution < -0.4 is 16.0 Å². The summed E-state index contributed by atoms with van der Waals surface area (Å²) in [5, 5.41) is 3.43. The summed E-state index contributed by atoms with van der Waals surface area (Å²) in [7, 11) is 0. The second-order valence-corrected chi connectivity index (χ2v) is 5.53. The van der Waals surface area contributed by atoms with Crippen LogP contribution in [0.5, 0.6) is 0 Å². The molecule has 19 heavy (non-hydrogen) atoms. The van der Waals surface area contributed by atoms with Gasteiger partial charge in [-0.15, -0.1) is 0 Å². The van der Waals surface area contributed by atoms with Gasteiger partial charge in [-0.3, -0.25) is 0 Å². The summed E-state index contributed by atoms with van der Waals surface area (Å²) in [5.41, 5.74) is 10.5. The Morgan fingerprint density at radius 1 is 1.21 bits per heavy atom. The quantitative estimate of drug-likeness (QED) is 0.891. The Morgan fingerprint density at radius 3 is 2.95 bits per heavy atom. The van der Waals surface area contributed by atoms with Gasteiger partial charge in [-0.25, -0.2) is 0 Å².